The molecule has 0 saturated carbocycles. The quantitative estimate of drug-likeness (QED) is 0.400. The summed E-state index contributed by atoms with van der Waals surface area (Å²) in [5.41, 5.74) is 3.21. The van der Waals surface area contributed by atoms with Crippen LogP contribution in [0.1, 0.15) is 36.5 Å². The van der Waals surface area contributed by atoms with Gasteiger partial charge >= 0.3 is 0 Å². The number of sulfonamides is 1. The zero-order chi connectivity index (χ0) is 27.1. The lowest BCUT2D eigenvalue weighted by Gasteiger charge is -2.24. The van der Waals surface area contributed by atoms with Gasteiger partial charge in [0.25, 0.3) is 10.0 Å². The summed E-state index contributed by atoms with van der Waals surface area (Å²) in [6, 6.07) is 20.9. The van der Waals surface area contributed by atoms with E-state index in [2.05, 4.69) is 5.32 Å². The minimum Gasteiger partial charge on any atom is -0.494 e. The smallest absolute Gasteiger partial charge is 0.264 e. The second-order valence-electron chi connectivity index (χ2n) is 9.26. The van der Waals surface area contributed by atoms with Gasteiger partial charge in [-0.2, -0.15) is 0 Å². The van der Waals surface area contributed by atoms with E-state index in [0.717, 1.165) is 34.0 Å². The standard InChI is InChI=1S/C29H33N3O5S/c1-3-37-26-14-12-25(13-15-26)32(38(35,36)27-16-6-22(2)7-17-27)21-28(33)30-19-23-8-10-24(11-9-23)20-31-18-4-5-29(31)34/h6-17H,3-5,18-21H2,1-2H3,(H,30,33). The minimum absolute atomic E-state index is 0.108. The number of hydrogen-bond acceptors (Lipinski definition) is 5. The molecule has 0 aromatic heterocycles. The summed E-state index contributed by atoms with van der Waals surface area (Å²) >= 11 is 0. The molecule has 9 heteroatoms. The Morgan fingerprint density at radius 2 is 1.63 bits per heavy atom. The van der Waals surface area contributed by atoms with Crippen LogP contribution in [0.2, 0.25) is 0 Å². The van der Waals surface area contributed by atoms with Gasteiger partial charge in [0.1, 0.15) is 12.3 Å². The number of likely N-dealkylation sites (tertiary alicyclic amines) is 1. The maximum atomic E-state index is 13.6. The second-order valence-corrected chi connectivity index (χ2v) is 11.1. The van der Waals surface area contributed by atoms with E-state index < -0.39 is 15.9 Å². The molecule has 4 rings (SSSR count). The number of hydrogen-bond donors (Lipinski definition) is 1. The summed E-state index contributed by atoms with van der Waals surface area (Å²) in [5, 5.41) is 2.83. The van der Waals surface area contributed by atoms with Crippen molar-refractivity contribution in [3.05, 3.63) is 89.5 Å². The summed E-state index contributed by atoms with van der Waals surface area (Å²) in [7, 11) is -4.00. The highest BCUT2D eigenvalue weighted by molar-refractivity contribution is 7.92. The number of amides is 2. The first-order valence-electron chi connectivity index (χ1n) is 12.7. The molecular formula is C29H33N3O5S. The predicted octanol–water partition coefficient (Wildman–Crippen LogP) is 4.03. The number of rotatable bonds is 11. The Kier molecular flexibility index (Phi) is 8.68. The minimum atomic E-state index is -4.00. The van der Waals surface area contributed by atoms with Crippen LogP contribution in [-0.4, -0.2) is 44.8 Å². The van der Waals surface area contributed by atoms with Crippen LogP contribution in [0.5, 0.6) is 5.75 Å². The Labute approximate surface area is 224 Å². The lowest BCUT2D eigenvalue weighted by molar-refractivity contribution is -0.128. The molecule has 0 spiro atoms. The van der Waals surface area contributed by atoms with Crippen molar-refractivity contribution in [1.82, 2.24) is 10.2 Å². The number of anilines is 1. The van der Waals surface area contributed by atoms with Crippen molar-refractivity contribution in [3.63, 3.8) is 0 Å². The number of carbonyl (C=O) groups is 2. The summed E-state index contributed by atoms with van der Waals surface area (Å²) in [6.07, 6.45) is 1.51. The van der Waals surface area contributed by atoms with Gasteiger partial charge in [0.05, 0.1) is 17.2 Å². The van der Waals surface area contributed by atoms with E-state index in [0.29, 0.717) is 31.0 Å². The average Bonchev–Trinajstić information content (AvgIpc) is 3.32. The van der Waals surface area contributed by atoms with Gasteiger partial charge in [-0.15, -0.1) is 0 Å². The molecule has 0 bridgehead atoms. The summed E-state index contributed by atoms with van der Waals surface area (Å²) in [5.74, 6) is 0.367. The van der Waals surface area contributed by atoms with Gasteiger partial charge in [-0.05, 0) is 67.8 Å². The van der Waals surface area contributed by atoms with Gasteiger partial charge in [0, 0.05) is 26.1 Å². The number of benzene rings is 3. The highest BCUT2D eigenvalue weighted by Crippen LogP contribution is 2.26. The van der Waals surface area contributed by atoms with Crippen LogP contribution in [0.4, 0.5) is 5.69 Å². The van der Waals surface area contributed by atoms with E-state index in [1.807, 2.05) is 43.0 Å². The number of carbonyl (C=O) groups excluding carboxylic acids is 2. The van der Waals surface area contributed by atoms with E-state index in [9.17, 15) is 18.0 Å². The SMILES string of the molecule is CCOc1ccc(N(CC(=O)NCc2ccc(CN3CCCC3=O)cc2)S(=O)(=O)c2ccc(C)cc2)cc1. The topological polar surface area (TPSA) is 96.0 Å². The van der Waals surface area contributed by atoms with E-state index >= 15 is 0 Å². The lowest BCUT2D eigenvalue weighted by atomic mass is 10.1. The van der Waals surface area contributed by atoms with Gasteiger partial charge in [-0.3, -0.25) is 13.9 Å². The van der Waals surface area contributed by atoms with Gasteiger partial charge in [-0.1, -0.05) is 42.0 Å². The Bertz CT molecular complexity index is 1350. The lowest BCUT2D eigenvalue weighted by Crippen LogP contribution is -2.40. The van der Waals surface area contributed by atoms with Crippen molar-refractivity contribution in [3.8, 4) is 5.75 Å². The predicted molar refractivity (Wildman–Crippen MR) is 146 cm³/mol. The highest BCUT2D eigenvalue weighted by Gasteiger charge is 2.27. The molecule has 2 amide bonds. The molecule has 0 atom stereocenters. The number of nitrogens with zero attached hydrogens (tertiary/aromatic N) is 2. The number of aryl methyl sites for hydroxylation is 1. The Morgan fingerprint density at radius 3 is 2.24 bits per heavy atom. The molecule has 1 aliphatic heterocycles. The van der Waals surface area contributed by atoms with Gasteiger partial charge in [0.15, 0.2) is 0 Å². The molecule has 3 aromatic rings. The molecule has 200 valence electrons. The average molecular weight is 536 g/mol. The van der Waals surface area contributed by atoms with Crippen LogP contribution in [0, 0.1) is 6.92 Å². The molecule has 0 aliphatic carbocycles. The third kappa shape index (κ3) is 6.72. The molecule has 3 aromatic carbocycles. The monoisotopic (exact) mass is 535 g/mol. The molecular weight excluding hydrogens is 502 g/mol. The second kappa shape index (κ2) is 12.1. The highest BCUT2D eigenvalue weighted by atomic mass is 32.2. The van der Waals surface area contributed by atoms with Crippen LogP contribution < -0.4 is 14.4 Å². The summed E-state index contributed by atoms with van der Waals surface area (Å²) in [4.78, 5) is 26.8. The summed E-state index contributed by atoms with van der Waals surface area (Å²) in [6.45, 7) is 5.49. The van der Waals surface area contributed by atoms with Crippen molar-refractivity contribution < 1.29 is 22.7 Å². The first kappa shape index (κ1) is 27.2. The molecule has 1 heterocycles. The molecule has 0 radical (unpaired) electrons. The van der Waals surface area contributed by atoms with Crippen LogP contribution in [0.3, 0.4) is 0 Å². The van der Waals surface area contributed by atoms with Gasteiger partial charge in [0.2, 0.25) is 11.8 Å². The Hall–Kier alpha value is -3.85. The molecule has 8 nitrogen and oxygen atoms in total. The fraction of sp³-hybridized carbons (Fsp3) is 0.310. The molecule has 1 saturated heterocycles. The maximum Gasteiger partial charge on any atom is 0.264 e. The fourth-order valence-corrected chi connectivity index (χ4v) is 5.69. The normalized spacial score (nSPS) is 13.4. The van der Waals surface area contributed by atoms with Gasteiger partial charge in [-0.25, -0.2) is 8.42 Å². The van der Waals surface area contributed by atoms with E-state index in [4.69, 9.17) is 4.74 Å². The Balaban J connectivity index is 1.45. The van der Waals surface area contributed by atoms with E-state index in [1.165, 1.54) is 0 Å². The van der Waals surface area contributed by atoms with Gasteiger partial charge < -0.3 is 15.0 Å². The van der Waals surface area contributed by atoms with E-state index in [1.54, 1.807) is 48.5 Å². The zero-order valence-corrected chi connectivity index (χ0v) is 22.5. The number of ether oxygens (including phenoxy) is 1. The fourth-order valence-electron chi connectivity index (χ4n) is 4.27. The van der Waals surface area contributed by atoms with Crippen LogP contribution in [-0.2, 0) is 32.7 Å². The van der Waals surface area contributed by atoms with Crippen molar-refractivity contribution in [2.45, 2.75) is 44.7 Å². The van der Waals surface area contributed by atoms with E-state index in [-0.39, 0.29) is 23.9 Å². The third-order valence-electron chi connectivity index (χ3n) is 6.39. The summed E-state index contributed by atoms with van der Waals surface area (Å²) < 4.78 is 33.7. The third-order valence-corrected chi connectivity index (χ3v) is 8.18. The molecule has 1 aliphatic rings. The first-order valence-corrected chi connectivity index (χ1v) is 14.1. The van der Waals surface area contributed by atoms with Crippen LogP contribution in [0.25, 0.3) is 0 Å². The maximum absolute atomic E-state index is 13.6. The van der Waals surface area contributed by atoms with Crippen molar-refractivity contribution in [2.75, 3.05) is 24.0 Å². The van der Waals surface area contributed by atoms with Crippen LogP contribution in [0.15, 0.2) is 77.7 Å². The van der Waals surface area contributed by atoms with Crippen molar-refractivity contribution in [1.29, 1.82) is 0 Å². The van der Waals surface area contributed by atoms with Crippen molar-refractivity contribution >= 4 is 27.5 Å². The van der Waals surface area contributed by atoms with Crippen LogP contribution >= 0.6 is 0 Å². The number of nitrogens with one attached hydrogen (secondary N) is 1. The molecule has 1 fully saturated rings. The Morgan fingerprint density at radius 1 is 0.974 bits per heavy atom. The largest absolute Gasteiger partial charge is 0.494 e. The molecule has 1 N–H and O–H groups in total. The van der Waals surface area contributed by atoms with Crippen molar-refractivity contribution in [2.24, 2.45) is 0 Å². The molecule has 0 unspecified atom stereocenters. The zero-order valence-electron chi connectivity index (χ0n) is 21.7. The molecule has 38 heavy (non-hydrogen) atoms. The first-order chi connectivity index (χ1) is 18.3.